The third-order valence-electron chi connectivity index (χ3n) is 7.46. The number of aromatic nitrogens is 1. The molecule has 5 rings (SSSR count). The van der Waals surface area contributed by atoms with E-state index in [-0.39, 0.29) is 35.8 Å². The first-order valence-corrected chi connectivity index (χ1v) is 11.4. The Kier molecular flexibility index (Phi) is 4.96. The number of hydrogen-bond acceptors (Lipinski definition) is 4. The Balaban J connectivity index is 1.59. The van der Waals surface area contributed by atoms with Crippen LogP contribution in [-0.2, 0) is 15.0 Å². The molecule has 2 amide bonds. The molecule has 166 valence electrons. The van der Waals surface area contributed by atoms with Crippen LogP contribution in [0.5, 0.6) is 5.75 Å². The topological polar surface area (TPSA) is 85.9 Å². The maximum absolute atomic E-state index is 13.3. The van der Waals surface area contributed by atoms with Gasteiger partial charge < -0.3 is 24.6 Å². The largest absolute Gasteiger partial charge is 0.497 e. The van der Waals surface area contributed by atoms with Gasteiger partial charge in [-0.25, -0.2) is 0 Å². The number of methoxy groups -OCH3 is 1. The molecule has 31 heavy (non-hydrogen) atoms. The molecule has 3 aliphatic rings. The quantitative estimate of drug-likeness (QED) is 0.771. The number of aliphatic hydroxyl groups excluding tert-OH is 1. The number of ether oxygens (including phenoxy) is 1. The Morgan fingerprint density at radius 2 is 2.03 bits per heavy atom. The molecule has 1 saturated heterocycles. The fraction of sp³-hybridized carbons (Fsp3) is 0.583. The summed E-state index contributed by atoms with van der Waals surface area (Å²) in [4.78, 5) is 33.2. The zero-order valence-corrected chi connectivity index (χ0v) is 18.3. The molecule has 0 bridgehead atoms. The van der Waals surface area contributed by atoms with Crippen LogP contribution in [0.4, 0.5) is 0 Å². The molecular formula is C24H31N3O4. The maximum atomic E-state index is 13.3. The van der Waals surface area contributed by atoms with Crippen molar-refractivity contribution in [2.45, 2.75) is 50.5 Å². The van der Waals surface area contributed by atoms with Crippen LogP contribution in [0, 0.1) is 5.92 Å². The lowest BCUT2D eigenvalue weighted by molar-refractivity contribution is -0.149. The molecule has 0 unspecified atom stereocenters. The summed E-state index contributed by atoms with van der Waals surface area (Å²) in [6, 6.07) is 5.59. The number of nitrogens with one attached hydrogen (secondary N) is 1. The van der Waals surface area contributed by atoms with Gasteiger partial charge >= 0.3 is 0 Å². The molecule has 1 aromatic carbocycles. The van der Waals surface area contributed by atoms with E-state index < -0.39 is 0 Å². The number of H-pyrrole nitrogens is 1. The highest BCUT2D eigenvalue weighted by Crippen LogP contribution is 2.49. The van der Waals surface area contributed by atoms with Crippen LogP contribution in [0.25, 0.3) is 10.9 Å². The molecule has 1 aromatic heterocycles. The van der Waals surface area contributed by atoms with Crippen molar-refractivity contribution in [1.29, 1.82) is 0 Å². The van der Waals surface area contributed by atoms with Gasteiger partial charge in [0.25, 0.3) is 0 Å². The van der Waals surface area contributed by atoms with E-state index in [1.54, 1.807) is 7.11 Å². The lowest BCUT2D eigenvalue weighted by Gasteiger charge is -2.56. The second-order valence-electron chi connectivity index (χ2n) is 9.40. The second kappa shape index (κ2) is 7.55. The average Bonchev–Trinajstić information content (AvgIpc) is 3.08. The first-order chi connectivity index (χ1) is 15.0. The van der Waals surface area contributed by atoms with Gasteiger partial charge in [0.1, 0.15) is 5.75 Å². The summed E-state index contributed by atoms with van der Waals surface area (Å²) in [6.07, 6.45) is 4.34. The van der Waals surface area contributed by atoms with Gasteiger partial charge in [0.2, 0.25) is 11.8 Å². The predicted molar refractivity (Wildman–Crippen MR) is 117 cm³/mol. The minimum absolute atomic E-state index is 0.0648. The number of benzene rings is 1. The lowest BCUT2D eigenvalue weighted by atomic mass is 9.68. The van der Waals surface area contributed by atoms with Crippen LogP contribution >= 0.6 is 0 Å². The van der Waals surface area contributed by atoms with E-state index in [2.05, 4.69) is 11.1 Å². The van der Waals surface area contributed by atoms with Gasteiger partial charge in [-0.1, -0.05) is 13.3 Å². The zero-order chi connectivity index (χ0) is 21.8. The average molecular weight is 426 g/mol. The number of aromatic amines is 1. The second-order valence-corrected chi connectivity index (χ2v) is 9.40. The minimum atomic E-state index is -0.382. The van der Waals surface area contributed by atoms with E-state index >= 15 is 0 Å². The summed E-state index contributed by atoms with van der Waals surface area (Å²) < 4.78 is 5.40. The third kappa shape index (κ3) is 3.04. The zero-order valence-electron chi connectivity index (χ0n) is 18.3. The number of likely N-dealkylation sites (tertiary alicyclic amines) is 1. The molecule has 2 aromatic rings. The third-order valence-corrected chi connectivity index (χ3v) is 7.46. The molecule has 3 heterocycles. The molecule has 1 aliphatic carbocycles. The van der Waals surface area contributed by atoms with Gasteiger partial charge in [-0.15, -0.1) is 0 Å². The Bertz CT molecular complexity index is 1020. The van der Waals surface area contributed by atoms with Gasteiger partial charge in [-0.05, 0) is 37.0 Å². The van der Waals surface area contributed by atoms with Crippen molar-refractivity contribution in [2.75, 3.05) is 33.4 Å². The molecule has 2 aliphatic heterocycles. The van der Waals surface area contributed by atoms with Crippen molar-refractivity contribution < 1.29 is 19.4 Å². The van der Waals surface area contributed by atoms with Crippen molar-refractivity contribution >= 4 is 22.7 Å². The summed E-state index contributed by atoms with van der Waals surface area (Å²) in [5, 5.41) is 11.4. The van der Waals surface area contributed by atoms with Crippen molar-refractivity contribution in [1.82, 2.24) is 14.8 Å². The first kappa shape index (κ1) is 20.4. The highest BCUT2D eigenvalue weighted by molar-refractivity contribution is 5.90. The lowest BCUT2D eigenvalue weighted by Crippen LogP contribution is -2.68. The van der Waals surface area contributed by atoms with Crippen LogP contribution in [0.2, 0.25) is 0 Å². The molecule has 2 fully saturated rings. The Morgan fingerprint density at radius 1 is 1.26 bits per heavy atom. The van der Waals surface area contributed by atoms with Gasteiger partial charge in [0.05, 0.1) is 25.2 Å². The predicted octanol–water partition coefficient (Wildman–Crippen LogP) is 2.73. The van der Waals surface area contributed by atoms with Crippen molar-refractivity contribution in [3.63, 3.8) is 0 Å². The van der Waals surface area contributed by atoms with Crippen molar-refractivity contribution in [3.8, 4) is 5.75 Å². The molecule has 0 radical (unpaired) electrons. The Morgan fingerprint density at radius 3 is 2.65 bits per heavy atom. The molecule has 1 spiro atoms. The van der Waals surface area contributed by atoms with Gasteiger partial charge in [0, 0.05) is 54.6 Å². The van der Waals surface area contributed by atoms with E-state index in [1.165, 1.54) is 0 Å². The fourth-order valence-electron chi connectivity index (χ4n) is 5.62. The molecule has 7 heteroatoms. The number of amides is 2. The Labute approximate surface area is 182 Å². The standard InChI is InChI=1S/C24H31N3O4/c1-3-5-20(29)26-12-24(13-26)14-27(23(30)15-6-4-7-15)19(11-28)22-21(24)17-9-8-16(31-2)10-18(17)25-22/h8-10,15,19,25,28H,3-7,11-14H2,1-2H3/t19-/m1/s1. The first-order valence-electron chi connectivity index (χ1n) is 11.4. The normalized spacial score (nSPS) is 22.2. The molecule has 7 nitrogen and oxygen atoms in total. The monoisotopic (exact) mass is 425 g/mol. The molecule has 1 saturated carbocycles. The van der Waals surface area contributed by atoms with Gasteiger partial charge in [-0.2, -0.15) is 0 Å². The van der Waals surface area contributed by atoms with Crippen LogP contribution < -0.4 is 4.74 Å². The minimum Gasteiger partial charge on any atom is -0.497 e. The number of nitrogens with zero attached hydrogens (tertiary/aromatic N) is 2. The van der Waals surface area contributed by atoms with Crippen molar-refractivity contribution in [3.05, 3.63) is 29.5 Å². The van der Waals surface area contributed by atoms with Crippen LogP contribution in [0.3, 0.4) is 0 Å². The van der Waals surface area contributed by atoms with E-state index in [0.29, 0.717) is 26.1 Å². The highest BCUT2D eigenvalue weighted by atomic mass is 16.5. The number of aliphatic hydroxyl groups is 1. The van der Waals surface area contributed by atoms with E-state index in [0.717, 1.165) is 53.6 Å². The van der Waals surface area contributed by atoms with E-state index in [1.807, 2.05) is 28.9 Å². The van der Waals surface area contributed by atoms with Crippen LogP contribution in [-0.4, -0.2) is 65.1 Å². The number of carbonyl (C=O) groups is 2. The maximum Gasteiger partial charge on any atom is 0.226 e. The fourth-order valence-corrected chi connectivity index (χ4v) is 5.62. The number of hydrogen-bond donors (Lipinski definition) is 2. The smallest absolute Gasteiger partial charge is 0.226 e. The van der Waals surface area contributed by atoms with E-state index in [4.69, 9.17) is 4.74 Å². The van der Waals surface area contributed by atoms with Gasteiger partial charge in [-0.3, -0.25) is 9.59 Å². The van der Waals surface area contributed by atoms with E-state index in [9.17, 15) is 14.7 Å². The summed E-state index contributed by atoms with van der Waals surface area (Å²) in [5.74, 6) is 1.15. The summed E-state index contributed by atoms with van der Waals surface area (Å²) in [6.45, 7) is 3.68. The Hall–Kier alpha value is -2.54. The summed E-state index contributed by atoms with van der Waals surface area (Å²) in [7, 11) is 1.64. The molecular weight excluding hydrogens is 394 g/mol. The summed E-state index contributed by atoms with van der Waals surface area (Å²) >= 11 is 0. The van der Waals surface area contributed by atoms with Crippen LogP contribution in [0.1, 0.15) is 56.3 Å². The number of fused-ring (bicyclic) bond motifs is 4. The number of carbonyl (C=O) groups excluding carboxylic acids is 2. The highest BCUT2D eigenvalue weighted by Gasteiger charge is 2.55. The molecule has 1 atom stereocenters. The number of rotatable bonds is 5. The summed E-state index contributed by atoms with van der Waals surface area (Å²) in [5.41, 5.74) is 2.71. The van der Waals surface area contributed by atoms with Gasteiger partial charge in [0.15, 0.2) is 0 Å². The molecule has 2 N–H and O–H groups in total. The van der Waals surface area contributed by atoms with Crippen LogP contribution in [0.15, 0.2) is 18.2 Å². The SMILES string of the molecule is CCCC(=O)N1CC2(C1)CN(C(=O)C1CCC1)[C@H](CO)c1[nH]c3cc(OC)ccc3c12. The van der Waals surface area contributed by atoms with Crippen molar-refractivity contribution in [2.24, 2.45) is 5.92 Å².